The summed E-state index contributed by atoms with van der Waals surface area (Å²) in [5, 5.41) is 10.00. The predicted octanol–water partition coefficient (Wildman–Crippen LogP) is 3.65. The molecule has 2 rings (SSSR count). The van der Waals surface area contributed by atoms with Gasteiger partial charge in [-0.2, -0.15) is 5.26 Å². The minimum Gasteiger partial charge on any atom is -0.497 e. The second kappa shape index (κ2) is 8.16. The number of ether oxygens (including phenoxy) is 2. The van der Waals surface area contributed by atoms with Gasteiger partial charge in [-0.15, -0.1) is 0 Å². The lowest BCUT2D eigenvalue weighted by Crippen LogP contribution is -2.28. The van der Waals surface area contributed by atoms with Crippen molar-refractivity contribution in [3.8, 4) is 11.8 Å². The molecule has 0 bridgehead atoms. The first-order chi connectivity index (χ1) is 11.6. The lowest BCUT2D eigenvalue weighted by molar-refractivity contribution is -0.140. The smallest absolute Gasteiger partial charge is 0.305 e. The van der Waals surface area contributed by atoms with E-state index in [0.717, 1.165) is 11.1 Å². The van der Waals surface area contributed by atoms with E-state index in [2.05, 4.69) is 6.07 Å². The van der Waals surface area contributed by atoms with Crippen LogP contribution in [0.25, 0.3) is 0 Å². The number of hydrogen-bond donors (Lipinski definition) is 0. The highest BCUT2D eigenvalue weighted by Crippen LogP contribution is 2.34. The van der Waals surface area contributed by atoms with Crippen LogP contribution in [0, 0.1) is 11.3 Å². The second-order valence-electron chi connectivity index (χ2n) is 5.66. The van der Waals surface area contributed by atoms with Crippen LogP contribution in [0.1, 0.15) is 24.0 Å². The largest absolute Gasteiger partial charge is 0.497 e. The third-order valence-corrected chi connectivity index (χ3v) is 4.17. The van der Waals surface area contributed by atoms with Crippen LogP contribution < -0.4 is 4.74 Å². The van der Waals surface area contributed by atoms with Crippen molar-refractivity contribution in [1.82, 2.24) is 0 Å². The minimum absolute atomic E-state index is 0.189. The van der Waals surface area contributed by atoms with Crippen LogP contribution in [-0.2, 0) is 21.4 Å². The lowest BCUT2D eigenvalue weighted by Gasteiger charge is -2.27. The molecule has 124 valence electrons. The first-order valence-electron chi connectivity index (χ1n) is 7.80. The summed E-state index contributed by atoms with van der Waals surface area (Å²) in [5.74, 6) is 0.379. The molecular formula is C20H21NO3. The molecular weight excluding hydrogens is 302 g/mol. The highest BCUT2D eigenvalue weighted by atomic mass is 16.5. The molecule has 2 aromatic rings. The van der Waals surface area contributed by atoms with Gasteiger partial charge in [0.05, 0.1) is 25.7 Å². The molecule has 4 heteroatoms. The Morgan fingerprint density at radius 3 is 2.50 bits per heavy atom. The van der Waals surface area contributed by atoms with Crippen molar-refractivity contribution in [3.05, 3.63) is 65.7 Å². The molecule has 4 nitrogen and oxygen atoms in total. The van der Waals surface area contributed by atoms with E-state index in [-0.39, 0.29) is 12.4 Å². The third-order valence-electron chi connectivity index (χ3n) is 4.17. The average molecular weight is 323 g/mol. The van der Waals surface area contributed by atoms with Gasteiger partial charge in [-0.3, -0.25) is 4.79 Å². The van der Waals surface area contributed by atoms with Gasteiger partial charge in [-0.25, -0.2) is 0 Å². The fraction of sp³-hybridized carbons (Fsp3) is 0.300. The van der Waals surface area contributed by atoms with Crippen LogP contribution >= 0.6 is 0 Å². The van der Waals surface area contributed by atoms with Gasteiger partial charge in [0.2, 0.25) is 0 Å². The van der Waals surface area contributed by atoms with Crippen molar-refractivity contribution in [2.24, 2.45) is 0 Å². The normalized spacial score (nSPS) is 12.7. The molecule has 0 N–H and O–H groups in total. The molecule has 0 amide bonds. The first kappa shape index (κ1) is 17.6. The Kier molecular flexibility index (Phi) is 5.97. The summed E-state index contributed by atoms with van der Waals surface area (Å²) in [4.78, 5) is 11.6. The van der Waals surface area contributed by atoms with E-state index in [1.54, 1.807) is 7.11 Å². The number of benzene rings is 2. The van der Waals surface area contributed by atoms with Gasteiger partial charge in [-0.05, 0) is 36.1 Å². The van der Waals surface area contributed by atoms with Gasteiger partial charge in [0.25, 0.3) is 0 Å². The third kappa shape index (κ3) is 4.14. The zero-order valence-electron chi connectivity index (χ0n) is 14.0. The van der Waals surface area contributed by atoms with Crippen LogP contribution in [-0.4, -0.2) is 20.2 Å². The quantitative estimate of drug-likeness (QED) is 0.730. The zero-order valence-corrected chi connectivity index (χ0v) is 14.0. The maximum absolute atomic E-state index is 11.6. The number of methoxy groups -OCH3 is 2. The maximum Gasteiger partial charge on any atom is 0.305 e. The monoisotopic (exact) mass is 323 g/mol. The lowest BCUT2D eigenvalue weighted by atomic mass is 9.73. The van der Waals surface area contributed by atoms with E-state index in [1.807, 2.05) is 54.6 Å². The summed E-state index contributed by atoms with van der Waals surface area (Å²) in [6.07, 6.45) is 1.10. The van der Waals surface area contributed by atoms with Gasteiger partial charge in [-0.1, -0.05) is 42.5 Å². The molecule has 0 fully saturated rings. The number of rotatable bonds is 7. The summed E-state index contributed by atoms with van der Waals surface area (Å²) in [5.41, 5.74) is 1.08. The van der Waals surface area contributed by atoms with E-state index in [9.17, 15) is 10.1 Å². The molecule has 0 spiro atoms. The van der Waals surface area contributed by atoms with Gasteiger partial charge in [0, 0.05) is 6.42 Å². The summed E-state index contributed by atoms with van der Waals surface area (Å²) in [6.45, 7) is 0. The van der Waals surface area contributed by atoms with Crippen LogP contribution in [0.3, 0.4) is 0 Å². The van der Waals surface area contributed by atoms with Gasteiger partial charge < -0.3 is 9.47 Å². The van der Waals surface area contributed by atoms with Crippen LogP contribution in [0.5, 0.6) is 5.75 Å². The molecule has 0 aliphatic heterocycles. The number of carbonyl (C=O) groups excluding carboxylic acids is 1. The number of nitriles is 1. The first-order valence-corrected chi connectivity index (χ1v) is 7.80. The SMILES string of the molecule is COC(=O)CCC(C#N)(Cc1ccccc1)c1cccc(OC)c1. The molecule has 0 aromatic heterocycles. The molecule has 0 heterocycles. The highest BCUT2D eigenvalue weighted by molar-refractivity contribution is 5.69. The number of esters is 1. The van der Waals surface area contributed by atoms with Crippen LogP contribution in [0.2, 0.25) is 0 Å². The van der Waals surface area contributed by atoms with Crippen molar-refractivity contribution >= 4 is 5.97 Å². The number of carbonyl (C=O) groups is 1. The van der Waals surface area contributed by atoms with Gasteiger partial charge in [0.1, 0.15) is 5.75 Å². The predicted molar refractivity (Wildman–Crippen MR) is 91.7 cm³/mol. The van der Waals surface area contributed by atoms with Crippen LogP contribution in [0.4, 0.5) is 0 Å². The fourth-order valence-electron chi connectivity index (χ4n) is 2.78. The molecule has 2 aromatic carbocycles. The zero-order chi connectivity index (χ0) is 17.4. The Labute approximate surface area is 142 Å². The Bertz CT molecular complexity index is 721. The summed E-state index contributed by atoms with van der Waals surface area (Å²) < 4.78 is 10.0. The summed E-state index contributed by atoms with van der Waals surface area (Å²) in [6, 6.07) is 19.7. The van der Waals surface area contributed by atoms with Gasteiger partial charge >= 0.3 is 5.97 Å². The van der Waals surface area contributed by atoms with Crippen LogP contribution in [0.15, 0.2) is 54.6 Å². The average Bonchev–Trinajstić information content (AvgIpc) is 2.65. The Morgan fingerprint density at radius 1 is 1.12 bits per heavy atom. The topological polar surface area (TPSA) is 59.3 Å². The fourth-order valence-corrected chi connectivity index (χ4v) is 2.78. The van der Waals surface area contributed by atoms with Crippen molar-refractivity contribution in [3.63, 3.8) is 0 Å². The molecule has 0 radical (unpaired) electrons. The molecule has 0 aliphatic carbocycles. The molecule has 0 aliphatic rings. The molecule has 24 heavy (non-hydrogen) atoms. The highest BCUT2D eigenvalue weighted by Gasteiger charge is 2.33. The van der Waals surface area contributed by atoms with E-state index in [0.29, 0.717) is 18.6 Å². The van der Waals surface area contributed by atoms with E-state index >= 15 is 0 Å². The molecule has 0 saturated carbocycles. The van der Waals surface area contributed by atoms with E-state index in [4.69, 9.17) is 9.47 Å². The van der Waals surface area contributed by atoms with Crippen molar-refractivity contribution in [1.29, 1.82) is 5.26 Å². The molecule has 0 saturated heterocycles. The minimum atomic E-state index is -0.815. The van der Waals surface area contributed by atoms with E-state index in [1.165, 1.54) is 7.11 Å². The molecule has 1 unspecified atom stereocenters. The summed E-state index contributed by atoms with van der Waals surface area (Å²) in [7, 11) is 2.96. The summed E-state index contributed by atoms with van der Waals surface area (Å²) >= 11 is 0. The standard InChI is InChI=1S/C20H21NO3/c1-23-18-10-6-9-17(13-18)20(15-21,12-11-19(22)24-2)14-16-7-4-3-5-8-16/h3-10,13H,11-12,14H2,1-2H3. The van der Waals surface area contributed by atoms with E-state index < -0.39 is 5.41 Å². The van der Waals surface area contributed by atoms with Gasteiger partial charge in [0.15, 0.2) is 0 Å². The second-order valence-corrected chi connectivity index (χ2v) is 5.66. The Hall–Kier alpha value is -2.80. The maximum atomic E-state index is 11.6. The number of hydrogen-bond acceptors (Lipinski definition) is 4. The van der Waals surface area contributed by atoms with Crippen molar-refractivity contribution < 1.29 is 14.3 Å². The Balaban J connectivity index is 2.41. The molecule has 1 atom stereocenters. The van der Waals surface area contributed by atoms with Crippen molar-refractivity contribution in [2.45, 2.75) is 24.7 Å². The number of nitrogens with zero attached hydrogens (tertiary/aromatic N) is 1. The van der Waals surface area contributed by atoms with Crippen molar-refractivity contribution in [2.75, 3.05) is 14.2 Å². The Morgan fingerprint density at radius 2 is 1.88 bits per heavy atom.